The number of nitroso groups, excluding NO2 is 1. The largest absolute Gasteiger partial charge is 0.493 e. The number of unbranched alkanes of at least 4 members (excludes halogenated alkanes) is 2. The molecule has 1 aromatic heterocycles. The van der Waals surface area contributed by atoms with Crippen LogP contribution in [0.5, 0.6) is 5.88 Å². The van der Waals surface area contributed by atoms with E-state index in [9.17, 15) is 10.0 Å². The van der Waals surface area contributed by atoms with Crippen LogP contribution < -0.4 is 0 Å². The molecule has 19 heavy (non-hydrogen) atoms. The number of hydrogen-bond donors (Lipinski definition) is 1. The number of hydrogen-bond acceptors (Lipinski definition) is 3. The fourth-order valence-electron chi connectivity index (χ4n) is 2.68. The average Bonchev–Trinajstić information content (AvgIpc) is 2.62. The minimum atomic E-state index is -0.00481. The van der Waals surface area contributed by atoms with Crippen LogP contribution in [0.15, 0.2) is 17.3 Å². The lowest BCUT2D eigenvalue weighted by molar-refractivity contribution is 0.417. The minimum Gasteiger partial charge on any atom is -0.493 e. The first kappa shape index (κ1) is 13.6. The summed E-state index contributed by atoms with van der Waals surface area (Å²) in [7, 11) is 0. The third-order valence-electron chi connectivity index (χ3n) is 3.51. The molecule has 0 bridgehead atoms. The third-order valence-corrected chi connectivity index (χ3v) is 3.51. The molecule has 2 rings (SSSR count). The Labute approximate surface area is 113 Å². The molecule has 1 heterocycles. The summed E-state index contributed by atoms with van der Waals surface area (Å²) in [5.41, 5.74) is 3.23. The lowest BCUT2D eigenvalue weighted by Crippen LogP contribution is -1.98. The van der Waals surface area contributed by atoms with Gasteiger partial charge in [-0.1, -0.05) is 31.4 Å². The van der Waals surface area contributed by atoms with Gasteiger partial charge in [-0.25, -0.2) is 0 Å². The number of aryl methyl sites for hydroxylation is 3. The minimum absolute atomic E-state index is 0.00481. The van der Waals surface area contributed by atoms with E-state index in [1.807, 2.05) is 24.5 Å². The quantitative estimate of drug-likeness (QED) is 0.633. The zero-order valence-electron chi connectivity index (χ0n) is 11.7. The second-order valence-electron chi connectivity index (χ2n) is 5.10. The molecule has 1 N–H and O–H groups in total. The molecule has 0 amide bonds. The second-order valence-corrected chi connectivity index (χ2v) is 5.10. The Morgan fingerprint density at radius 2 is 2.00 bits per heavy atom. The highest BCUT2D eigenvalue weighted by atomic mass is 16.3. The number of aromatic hydroxyl groups is 1. The standard InChI is InChI=1S/C15H20N2O2/c1-4-5-6-7-17-14-11(3)8-10(2)9-12(14)13(16-19)15(17)18/h8-9,18H,4-7H2,1-3H3. The maximum absolute atomic E-state index is 11.0. The maximum atomic E-state index is 11.0. The van der Waals surface area contributed by atoms with Gasteiger partial charge in [-0.05, 0) is 37.1 Å². The van der Waals surface area contributed by atoms with Crippen LogP contribution in [0.3, 0.4) is 0 Å². The van der Waals surface area contributed by atoms with Gasteiger partial charge in [0.25, 0.3) is 0 Å². The van der Waals surface area contributed by atoms with Crippen LogP contribution in [-0.4, -0.2) is 9.67 Å². The van der Waals surface area contributed by atoms with Crippen LogP contribution in [0.4, 0.5) is 5.69 Å². The summed E-state index contributed by atoms with van der Waals surface area (Å²) in [6, 6.07) is 3.97. The predicted octanol–water partition coefficient (Wildman–Crippen LogP) is 4.55. The highest BCUT2D eigenvalue weighted by Gasteiger charge is 2.18. The van der Waals surface area contributed by atoms with Crippen molar-refractivity contribution in [3.8, 4) is 5.88 Å². The third kappa shape index (κ3) is 2.35. The smallest absolute Gasteiger partial charge is 0.222 e. The van der Waals surface area contributed by atoms with E-state index in [0.717, 1.165) is 47.8 Å². The van der Waals surface area contributed by atoms with E-state index in [4.69, 9.17) is 0 Å². The first-order valence-corrected chi connectivity index (χ1v) is 6.76. The summed E-state index contributed by atoms with van der Waals surface area (Å²) in [4.78, 5) is 11.0. The molecule has 4 nitrogen and oxygen atoms in total. The molecule has 1 aromatic carbocycles. The first-order chi connectivity index (χ1) is 9.10. The summed E-state index contributed by atoms with van der Waals surface area (Å²) < 4.78 is 1.82. The predicted molar refractivity (Wildman–Crippen MR) is 78.1 cm³/mol. The highest BCUT2D eigenvalue weighted by molar-refractivity contribution is 5.97. The van der Waals surface area contributed by atoms with Gasteiger partial charge in [-0.15, -0.1) is 4.91 Å². The number of nitrogens with zero attached hydrogens (tertiary/aromatic N) is 2. The Bertz CT molecular complexity index is 614. The molecule has 0 fully saturated rings. The monoisotopic (exact) mass is 260 g/mol. The molecule has 0 spiro atoms. The number of benzene rings is 1. The van der Waals surface area contributed by atoms with Gasteiger partial charge in [0.1, 0.15) is 0 Å². The Hall–Kier alpha value is -1.84. The van der Waals surface area contributed by atoms with Crippen LogP contribution in [0.25, 0.3) is 10.9 Å². The molecule has 0 aliphatic rings. The van der Waals surface area contributed by atoms with E-state index in [1.54, 1.807) is 0 Å². The number of aromatic nitrogens is 1. The molecule has 0 saturated heterocycles. The fourth-order valence-corrected chi connectivity index (χ4v) is 2.68. The van der Waals surface area contributed by atoms with Crippen LogP contribution in [0, 0.1) is 18.8 Å². The van der Waals surface area contributed by atoms with Crippen LogP contribution >= 0.6 is 0 Å². The molecule has 2 aromatic rings. The Morgan fingerprint density at radius 1 is 1.26 bits per heavy atom. The van der Waals surface area contributed by atoms with E-state index in [2.05, 4.69) is 18.2 Å². The van der Waals surface area contributed by atoms with Crippen molar-refractivity contribution >= 4 is 16.6 Å². The van der Waals surface area contributed by atoms with Crippen molar-refractivity contribution in [2.45, 2.75) is 46.6 Å². The molecular weight excluding hydrogens is 240 g/mol. The van der Waals surface area contributed by atoms with Gasteiger partial charge in [0, 0.05) is 11.9 Å². The van der Waals surface area contributed by atoms with E-state index in [1.165, 1.54) is 0 Å². The van der Waals surface area contributed by atoms with Crippen molar-refractivity contribution in [1.29, 1.82) is 0 Å². The van der Waals surface area contributed by atoms with E-state index in [0.29, 0.717) is 0 Å². The number of rotatable bonds is 5. The zero-order chi connectivity index (χ0) is 14.0. The van der Waals surface area contributed by atoms with Crippen molar-refractivity contribution in [3.63, 3.8) is 0 Å². The van der Waals surface area contributed by atoms with Gasteiger partial charge < -0.3 is 9.67 Å². The summed E-state index contributed by atoms with van der Waals surface area (Å²) in [5, 5.41) is 14.0. The first-order valence-electron chi connectivity index (χ1n) is 6.76. The number of fused-ring (bicyclic) bond motifs is 1. The maximum Gasteiger partial charge on any atom is 0.222 e. The Kier molecular flexibility index (Phi) is 3.88. The van der Waals surface area contributed by atoms with Crippen LogP contribution in [-0.2, 0) is 6.54 Å². The van der Waals surface area contributed by atoms with E-state index < -0.39 is 0 Å². The molecule has 0 radical (unpaired) electrons. The van der Waals surface area contributed by atoms with E-state index >= 15 is 0 Å². The van der Waals surface area contributed by atoms with Gasteiger partial charge in [0.05, 0.1) is 5.52 Å². The molecule has 102 valence electrons. The topological polar surface area (TPSA) is 54.6 Å². The molecule has 0 aliphatic heterocycles. The van der Waals surface area contributed by atoms with E-state index in [-0.39, 0.29) is 11.6 Å². The SMILES string of the molecule is CCCCCn1c(O)c(N=O)c2cc(C)cc(C)c21. The summed E-state index contributed by atoms with van der Waals surface area (Å²) >= 11 is 0. The van der Waals surface area contributed by atoms with Crippen molar-refractivity contribution in [2.24, 2.45) is 5.18 Å². The normalized spacial score (nSPS) is 11.1. The van der Waals surface area contributed by atoms with Crippen molar-refractivity contribution in [3.05, 3.63) is 28.2 Å². The molecule has 0 saturated carbocycles. The van der Waals surface area contributed by atoms with Gasteiger partial charge in [0.2, 0.25) is 5.88 Å². The Morgan fingerprint density at radius 3 is 2.63 bits per heavy atom. The summed E-state index contributed by atoms with van der Waals surface area (Å²) in [6.45, 7) is 6.84. The Balaban J connectivity index is 2.62. The molecule has 0 unspecified atom stereocenters. The van der Waals surface area contributed by atoms with Gasteiger partial charge in [-0.3, -0.25) is 0 Å². The lowest BCUT2D eigenvalue weighted by atomic mass is 10.1. The fraction of sp³-hybridized carbons (Fsp3) is 0.467. The van der Waals surface area contributed by atoms with Gasteiger partial charge in [-0.2, -0.15) is 0 Å². The highest BCUT2D eigenvalue weighted by Crippen LogP contribution is 2.40. The zero-order valence-corrected chi connectivity index (χ0v) is 11.7. The summed E-state index contributed by atoms with van der Waals surface area (Å²) in [5.74, 6) is -0.00481. The van der Waals surface area contributed by atoms with Crippen molar-refractivity contribution in [1.82, 2.24) is 4.57 Å². The lowest BCUT2D eigenvalue weighted by Gasteiger charge is -2.08. The second kappa shape index (κ2) is 5.43. The van der Waals surface area contributed by atoms with Gasteiger partial charge >= 0.3 is 0 Å². The van der Waals surface area contributed by atoms with Crippen LogP contribution in [0.2, 0.25) is 0 Å². The van der Waals surface area contributed by atoms with Crippen molar-refractivity contribution in [2.75, 3.05) is 0 Å². The molecule has 0 atom stereocenters. The molecular formula is C15H20N2O2. The summed E-state index contributed by atoms with van der Waals surface area (Å²) in [6.07, 6.45) is 3.21. The van der Waals surface area contributed by atoms with Crippen molar-refractivity contribution < 1.29 is 5.11 Å². The van der Waals surface area contributed by atoms with Crippen LogP contribution in [0.1, 0.15) is 37.3 Å². The molecule has 0 aliphatic carbocycles. The van der Waals surface area contributed by atoms with Gasteiger partial charge in [0.15, 0.2) is 5.69 Å². The average molecular weight is 260 g/mol. The molecule has 4 heteroatoms.